The van der Waals surface area contributed by atoms with Crippen LogP contribution in [0, 0.1) is 0 Å². The molecular weight excluding hydrogens is 363 g/mol. The van der Waals surface area contributed by atoms with Crippen molar-refractivity contribution < 1.29 is 32.6 Å². The van der Waals surface area contributed by atoms with Crippen molar-refractivity contribution in [1.29, 1.82) is 0 Å². The number of carbonyl (C=O) groups is 2. The molecule has 27 heavy (non-hydrogen) atoms. The van der Waals surface area contributed by atoms with Gasteiger partial charge in [-0.3, -0.25) is 9.59 Å². The highest BCUT2D eigenvalue weighted by Gasteiger charge is 2.36. The molecule has 1 atom stereocenters. The SMILES string of the molecule is CC(CNC(=O)COc1ccccc1C(F)(F)F)(C(=O)O)c1ccccc1. The van der Waals surface area contributed by atoms with Crippen LogP contribution in [0.3, 0.4) is 0 Å². The highest BCUT2D eigenvalue weighted by Crippen LogP contribution is 2.35. The van der Waals surface area contributed by atoms with E-state index in [-0.39, 0.29) is 6.54 Å². The van der Waals surface area contributed by atoms with Crippen LogP contribution in [0.1, 0.15) is 18.1 Å². The van der Waals surface area contributed by atoms with Gasteiger partial charge in [0.25, 0.3) is 5.91 Å². The van der Waals surface area contributed by atoms with Gasteiger partial charge in [0.2, 0.25) is 0 Å². The van der Waals surface area contributed by atoms with E-state index in [1.807, 2.05) is 0 Å². The Morgan fingerprint density at radius 3 is 2.22 bits per heavy atom. The zero-order valence-electron chi connectivity index (χ0n) is 14.4. The van der Waals surface area contributed by atoms with E-state index in [4.69, 9.17) is 4.74 Å². The maximum Gasteiger partial charge on any atom is 0.419 e. The fourth-order valence-electron chi connectivity index (χ4n) is 2.40. The summed E-state index contributed by atoms with van der Waals surface area (Å²) >= 11 is 0. The number of ether oxygens (including phenoxy) is 1. The fourth-order valence-corrected chi connectivity index (χ4v) is 2.40. The normalized spacial score (nSPS) is 13.5. The molecular formula is C19H18F3NO4. The molecule has 0 bridgehead atoms. The summed E-state index contributed by atoms with van der Waals surface area (Å²) in [6.07, 6.45) is -4.61. The van der Waals surface area contributed by atoms with Crippen molar-refractivity contribution >= 4 is 11.9 Å². The van der Waals surface area contributed by atoms with Crippen LogP contribution in [0.4, 0.5) is 13.2 Å². The summed E-state index contributed by atoms with van der Waals surface area (Å²) in [7, 11) is 0. The van der Waals surface area contributed by atoms with Crippen LogP contribution in [0.2, 0.25) is 0 Å². The number of amides is 1. The minimum absolute atomic E-state index is 0.241. The molecule has 144 valence electrons. The van der Waals surface area contributed by atoms with E-state index < -0.39 is 41.4 Å². The van der Waals surface area contributed by atoms with Crippen molar-refractivity contribution in [2.75, 3.05) is 13.2 Å². The van der Waals surface area contributed by atoms with Crippen LogP contribution in [0.5, 0.6) is 5.75 Å². The first-order valence-corrected chi connectivity index (χ1v) is 7.99. The van der Waals surface area contributed by atoms with Gasteiger partial charge in [-0.2, -0.15) is 13.2 Å². The molecule has 1 amide bonds. The molecule has 0 heterocycles. The second-order valence-corrected chi connectivity index (χ2v) is 6.06. The predicted molar refractivity (Wildman–Crippen MR) is 91.4 cm³/mol. The van der Waals surface area contributed by atoms with E-state index in [1.54, 1.807) is 30.3 Å². The minimum Gasteiger partial charge on any atom is -0.483 e. The zero-order valence-corrected chi connectivity index (χ0v) is 14.4. The van der Waals surface area contributed by atoms with E-state index in [1.165, 1.54) is 19.1 Å². The monoisotopic (exact) mass is 381 g/mol. The number of nitrogens with one attached hydrogen (secondary N) is 1. The van der Waals surface area contributed by atoms with Crippen molar-refractivity contribution in [3.63, 3.8) is 0 Å². The van der Waals surface area contributed by atoms with Crippen LogP contribution >= 0.6 is 0 Å². The van der Waals surface area contributed by atoms with Gasteiger partial charge < -0.3 is 15.2 Å². The van der Waals surface area contributed by atoms with Crippen LogP contribution in [-0.4, -0.2) is 30.1 Å². The minimum atomic E-state index is -4.61. The summed E-state index contributed by atoms with van der Waals surface area (Å²) < 4.78 is 43.7. The van der Waals surface area contributed by atoms with Gasteiger partial charge in [0, 0.05) is 6.54 Å². The molecule has 0 aliphatic heterocycles. The zero-order chi connectivity index (χ0) is 20.1. The smallest absolute Gasteiger partial charge is 0.419 e. The lowest BCUT2D eigenvalue weighted by Gasteiger charge is -2.25. The van der Waals surface area contributed by atoms with Crippen molar-refractivity contribution in [2.24, 2.45) is 0 Å². The standard InChI is InChI=1S/C19H18F3NO4/c1-18(17(25)26,13-7-3-2-4-8-13)12-23-16(24)11-27-15-10-6-5-9-14(15)19(20,21)22/h2-10H,11-12H2,1H3,(H,23,24)(H,25,26). The lowest BCUT2D eigenvalue weighted by molar-refractivity contribution is -0.143. The van der Waals surface area contributed by atoms with E-state index in [2.05, 4.69) is 5.32 Å². The Balaban J connectivity index is 2.01. The number of hydrogen-bond donors (Lipinski definition) is 2. The van der Waals surface area contributed by atoms with Crippen LogP contribution in [0.15, 0.2) is 54.6 Å². The molecule has 1 unspecified atom stereocenters. The Morgan fingerprint density at radius 2 is 1.63 bits per heavy atom. The molecule has 0 aliphatic rings. The van der Waals surface area contributed by atoms with Crippen LogP contribution < -0.4 is 10.1 Å². The van der Waals surface area contributed by atoms with Gasteiger partial charge in [0.05, 0.1) is 5.56 Å². The Kier molecular flexibility index (Phi) is 6.09. The molecule has 2 N–H and O–H groups in total. The molecule has 2 aromatic carbocycles. The van der Waals surface area contributed by atoms with Crippen molar-refractivity contribution in [3.05, 3.63) is 65.7 Å². The molecule has 8 heteroatoms. The first kappa shape index (κ1) is 20.3. The summed E-state index contributed by atoms with van der Waals surface area (Å²) in [5, 5.41) is 11.9. The Bertz CT molecular complexity index is 808. The molecule has 2 rings (SSSR count). The second kappa shape index (κ2) is 8.11. The van der Waals surface area contributed by atoms with Gasteiger partial charge in [-0.1, -0.05) is 42.5 Å². The van der Waals surface area contributed by atoms with Gasteiger partial charge in [-0.05, 0) is 24.6 Å². The summed E-state index contributed by atoms with van der Waals surface area (Å²) in [6.45, 7) is 0.539. The molecule has 2 aromatic rings. The quantitative estimate of drug-likeness (QED) is 0.772. The number of alkyl halides is 3. The van der Waals surface area contributed by atoms with Crippen LogP contribution in [0.25, 0.3) is 0 Å². The number of carboxylic acids is 1. The number of benzene rings is 2. The third kappa shape index (κ3) is 4.99. The number of rotatable bonds is 7. The highest BCUT2D eigenvalue weighted by atomic mass is 19.4. The first-order chi connectivity index (χ1) is 12.6. The molecule has 0 radical (unpaired) electrons. The first-order valence-electron chi connectivity index (χ1n) is 7.99. The predicted octanol–water partition coefficient (Wildman–Crippen LogP) is 3.24. The number of halogens is 3. The molecule has 0 spiro atoms. The number of carbonyl (C=O) groups excluding carboxylic acids is 1. The maximum atomic E-state index is 12.9. The topological polar surface area (TPSA) is 75.6 Å². The highest BCUT2D eigenvalue weighted by molar-refractivity contribution is 5.83. The van der Waals surface area contributed by atoms with Gasteiger partial charge in [0.1, 0.15) is 11.2 Å². The lowest BCUT2D eigenvalue weighted by Crippen LogP contribution is -2.45. The van der Waals surface area contributed by atoms with E-state index >= 15 is 0 Å². The van der Waals surface area contributed by atoms with Crippen LogP contribution in [-0.2, 0) is 21.2 Å². The van der Waals surface area contributed by atoms with E-state index in [0.29, 0.717) is 5.56 Å². The van der Waals surface area contributed by atoms with Gasteiger partial charge in [-0.15, -0.1) is 0 Å². The fraction of sp³-hybridized carbons (Fsp3) is 0.263. The molecule has 0 saturated carbocycles. The molecule has 0 aliphatic carbocycles. The third-order valence-electron chi connectivity index (χ3n) is 4.07. The molecule has 5 nitrogen and oxygen atoms in total. The van der Waals surface area contributed by atoms with Crippen molar-refractivity contribution in [3.8, 4) is 5.75 Å². The number of hydrogen-bond acceptors (Lipinski definition) is 3. The summed E-state index contributed by atoms with van der Waals surface area (Å²) in [5.74, 6) is -2.34. The summed E-state index contributed by atoms with van der Waals surface area (Å²) in [4.78, 5) is 23.6. The number of carboxylic acid groups (broad SMARTS) is 1. The number of para-hydroxylation sites is 1. The van der Waals surface area contributed by atoms with E-state index in [0.717, 1.165) is 12.1 Å². The molecule has 0 saturated heterocycles. The maximum absolute atomic E-state index is 12.9. The van der Waals surface area contributed by atoms with Gasteiger partial charge >= 0.3 is 12.1 Å². The summed E-state index contributed by atoms with van der Waals surface area (Å²) in [5.41, 5.74) is -1.89. The average molecular weight is 381 g/mol. The molecule has 0 aromatic heterocycles. The van der Waals surface area contributed by atoms with Gasteiger partial charge in [-0.25, -0.2) is 0 Å². The van der Waals surface area contributed by atoms with Crippen molar-refractivity contribution in [2.45, 2.75) is 18.5 Å². The van der Waals surface area contributed by atoms with E-state index in [9.17, 15) is 27.9 Å². The second-order valence-electron chi connectivity index (χ2n) is 6.06. The Morgan fingerprint density at radius 1 is 1.04 bits per heavy atom. The average Bonchev–Trinajstić information content (AvgIpc) is 2.64. The lowest BCUT2D eigenvalue weighted by atomic mass is 9.82. The Labute approximate surface area is 153 Å². The van der Waals surface area contributed by atoms with Crippen molar-refractivity contribution in [1.82, 2.24) is 5.32 Å². The Hall–Kier alpha value is -3.03. The summed E-state index contributed by atoms with van der Waals surface area (Å²) in [6, 6.07) is 12.9. The molecule has 0 fully saturated rings. The number of aliphatic carboxylic acids is 1. The largest absolute Gasteiger partial charge is 0.483 e. The van der Waals surface area contributed by atoms with Gasteiger partial charge in [0.15, 0.2) is 6.61 Å². The third-order valence-corrected chi connectivity index (χ3v) is 4.07.